The van der Waals surface area contributed by atoms with Gasteiger partial charge < -0.3 is 15.0 Å². The summed E-state index contributed by atoms with van der Waals surface area (Å²) in [5, 5.41) is 2.84. The van der Waals surface area contributed by atoms with Crippen molar-refractivity contribution < 1.29 is 31.5 Å². The third-order valence-corrected chi connectivity index (χ3v) is 8.06. The topological polar surface area (TPSA) is 105 Å². The van der Waals surface area contributed by atoms with Gasteiger partial charge in [0, 0.05) is 35.4 Å². The Morgan fingerprint density at radius 3 is 2.38 bits per heavy atom. The summed E-state index contributed by atoms with van der Waals surface area (Å²) in [4.78, 5) is 27.8. The molecule has 8 nitrogen and oxygen atoms in total. The number of hydrogen-bond donors (Lipinski definition) is 2. The maximum Gasteiger partial charge on any atom is 0.262 e. The van der Waals surface area contributed by atoms with Crippen molar-refractivity contribution in [1.82, 2.24) is 9.62 Å². The molecule has 12 heteroatoms. The molecule has 0 aromatic heterocycles. The second-order valence-electron chi connectivity index (χ2n) is 9.39. The molecule has 0 saturated carbocycles. The van der Waals surface area contributed by atoms with Gasteiger partial charge >= 0.3 is 0 Å². The van der Waals surface area contributed by atoms with E-state index in [1.165, 1.54) is 36.4 Å². The lowest BCUT2D eigenvalue weighted by Crippen LogP contribution is -2.33. The lowest BCUT2D eigenvalue weighted by molar-refractivity contribution is -0.118. The summed E-state index contributed by atoms with van der Waals surface area (Å²) in [6, 6.07) is 10.9. The van der Waals surface area contributed by atoms with Crippen LogP contribution in [-0.2, 0) is 14.8 Å². The van der Waals surface area contributed by atoms with Gasteiger partial charge in [-0.15, -0.1) is 0 Å². The highest BCUT2D eigenvalue weighted by Gasteiger charge is 2.20. The largest absolute Gasteiger partial charge is 0.483 e. The maximum atomic E-state index is 13.6. The molecule has 0 aliphatic carbocycles. The first kappa shape index (κ1) is 29.6. The third kappa shape index (κ3) is 7.63. The van der Waals surface area contributed by atoms with Crippen LogP contribution in [-0.4, -0.2) is 57.8 Å². The van der Waals surface area contributed by atoms with Crippen LogP contribution in [0.2, 0.25) is 5.02 Å². The Hall–Kier alpha value is -3.38. The minimum atomic E-state index is -3.71. The number of likely N-dealkylation sites (tertiary alicyclic amines) is 1. The molecular formula is C28H28ClF2N3O5S. The van der Waals surface area contributed by atoms with Crippen molar-refractivity contribution >= 4 is 39.0 Å². The van der Waals surface area contributed by atoms with Gasteiger partial charge in [0.1, 0.15) is 17.4 Å². The number of nitrogens with zero attached hydrogens (tertiary/aromatic N) is 1. The molecule has 1 aliphatic heterocycles. The third-order valence-electron chi connectivity index (χ3n) is 6.37. The molecule has 2 N–H and O–H groups in total. The van der Waals surface area contributed by atoms with Gasteiger partial charge in [0.25, 0.3) is 5.91 Å². The summed E-state index contributed by atoms with van der Waals surface area (Å²) in [5.41, 5.74) is 0.581. The smallest absolute Gasteiger partial charge is 0.262 e. The lowest BCUT2D eigenvalue weighted by Gasteiger charge is -2.15. The standard InChI is InChI=1S/C28H28ClF2N3O5S/c1-18-12-23(40(37,38)32-8-11-34-9-2-3-10-34)5-6-25(18)33-27(35)17-39-26-7-4-20(29)15-24(26)28(36)19-13-21(30)16-22(31)14-19/h4-7,12-16,32H,2-3,8-11,17H2,1H3,(H,33,35). The highest BCUT2D eigenvalue weighted by molar-refractivity contribution is 7.89. The number of anilines is 1. The van der Waals surface area contributed by atoms with Crippen molar-refractivity contribution in [1.29, 1.82) is 0 Å². The first-order valence-corrected chi connectivity index (χ1v) is 14.4. The number of ether oxygens (including phenoxy) is 1. The van der Waals surface area contributed by atoms with Crippen LogP contribution in [0.25, 0.3) is 0 Å². The average Bonchev–Trinajstić information content (AvgIpc) is 3.41. The van der Waals surface area contributed by atoms with Crippen LogP contribution in [0.5, 0.6) is 5.75 Å². The lowest BCUT2D eigenvalue weighted by atomic mass is 10.0. The molecule has 1 amide bonds. The molecule has 0 spiro atoms. The Labute approximate surface area is 236 Å². The molecule has 212 valence electrons. The van der Waals surface area contributed by atoms with Gasteiger partial charge in [0.05, 0.1) is 10.5 Å². The van der Waals surface area contributed by atoms with Crippen molar-refractivity contribution in [3.63, 3.8) is 0 Å². The van der Waals surface area contributed by atoms with E-state index in [0.29, 0.717) is 30.4 Å². The number of amides is 1. The fraction of sp³-hybridized carbons (Fsp3) is 0.286. The van der Waals surface area contributed by atoms with Gasteiger partial charge in [-0.3, -0.25) is 9.59 Å². The van der Waals surface area contributed by atoms with E-state index in [-0.39, 0.29) is 26.8 Å². The van der Waals surface area contributed by atoms with Crippen molar-refractivity contribution in [2.45, 2.75) is 24.7 Å². The van der Waals surface area contributed by atoms with E-state index in [2.05, 4.69) is 14.9 Å². The molecule has 1 saturated heterocycles. The molecule has 0 unspecified atom stereocenters. The van der Waals surface area contributed by atoms with Gasteiger partial charge in [-0.05, 0) is 86.9 Å². The zero-order chi connectivity index (χ0) is 28.9. The SMILES string of the molecule is Cc1cc(S(=O)(=O)NCCN2CCCC2)ccc1NC(=O)COc1ccc(Cl)cc1C(=O)c1cc(F)cc(F)c1. The molecule has 0 radical (unpaired) electrons. The number of rotatable bonds is 11. The van der Waals surface area contributed by atoms with E-state index in [0.717, 1.165) is 38.1 Å². The van der Waals surface area contributed by atoms with Crippen molar-refractivity contribution in [3.05, 3.63) is 87.9 Å². The number of nitrogens with one attached hydrogen (secondary N) is 2. The number of carbonyl (C=O) groups is 2. The Kier molecular flexibility index (Phi) is 9.52. The van der Waals surface area contributed by atoms with Crippen LogP contribution in [0.1, 0.15) is 34.3 Å². The molecule has 3 aromatic carbocycles. The van der Waals surface area contributed by atoms with Crippen LogP contribution in [0.4, 0.5) is 14.5 Å². The number of aryl methyl sites for hydroxylation is 1. The second-order valence-corrected chi connectivity index (χ2v) is 11.6. The minimum absolute atomic E-state index is 0.00705. The summed E-state index contributed by atoms with van der Waals surface area (Å²) >= 11 is 6.02. The van der Waals surface area contributed by atoms with E-state index in [1.807, 2.05) is 0 Å². The monoisotopic (exact) mass is 591 g/mol. The summed E-state index contributed by atoms with van der Waals surface area (Å²) < 4.78 is 60.8. The first-order chi connectivity index (χ1) is 19.0. The number of hydrogen-bond acceptors (Lipinski definition) is 6. The molecule has 1 heterocycles. The zero-order valence-corrected chi connectivity index (χ0v) is 23.2. The van der Waals surface area contributed by atoms with Gasteiger partial charge in [-0.2, -0.15) is 0 Å². The normalized spacial score (nSPS) is 13.8. The number of sulfonamides is 1. The molecule has 0 atom stereocenters. The van der Waals surface area contributed by atoms with Gasteiger partial charge in [0.2, 0.25) is 10.0 Å². The van der Waals surface area contributed by atoms with Crippen LogP contribution < -0.4 is 14.8 Å². The summed E-state index contributed by atoms with van der Waals surface area (Å²) in [6.45, 7) is 4.06. The van der Waals surface area contributed by atoms with E-state index in [4.69, 9.17) is 16.3 Å². The minimum Gasteiger partial charge on any atom is -0.483 e. The van der Waals surface area contributed by atoms with Crippen molar-refractivity contribution in [2.24, 2.45) is 0 Å². The average molecular weight is 592 g/mol. The molecular weight excluding hydrogens is 564 g/mol. The number of carbonyl (C=O) groups excluding carboxylic acids is 2. The van der Waals surface area contributed by atoms with Gasteiger partial charge in [-0.25, -0.2) is 21.9 Å². The van der Waals surface area contributed by atoms with Crippen LogP contribution in [0, 0.1) is 18.6 Å². The van der Waals surface area contributed by atoms with E-state index in [1.54, 1.807) is 6.92 Å². The number of ketones is 1. The first-order valence-electron chi connectivity index (χ1n) is 12.6. The summed E-state index contributed by atoms with van der Waals surface area (Å²) in [7, 11) is -3.71. The fourth-order valence-corrected chi connectivity index (χ4v) is 5.62. The van der Waals surface area contributed by atoms with E-state index < -0.39 is 40.0 Å². The number of benzene rings is 3. The Bertz CT molecular complexity index is 1510. The van der Waals surface area contributed by atoms with Crippen molar-refractivity contribution in [2.75, 3.05) is 38.1 Å². The molecule has 0 bridgehead atoms. The second kappa shape index (κ2) is 12.9. The predicted molar refractivity (Wildman–Crippen MR) is 147 cm³/mol. The maximum absolute atomic E-state index is 13.6. The zero-order valence-electron chi connectivity index (χ0n) is 21.7. The van der Waals surface area contributed by atoms with E-state index >= 15 is 0 Å². The fourth-order valence-electron chi connectivity index (χ4n) is 4.35. The van der Waals surface area contributed by atoms with Gasteiger partial charge in [0.15, 0.2) is 12.4 Å². The summed E-state index contributed by atoms with van der Waals surface area (Å²) in [6.07, 6.45) is 2.25. The van der Waals surface area contributed by atoms with Crippen LogP contribution in [0.3, 0.4) is 0 Å². The molecule has 40 heavy (non-hydrogen) atoms. The Morgan fingerprint density at radius 2 is 1.70 bits per heavy atom. The quantitative estimate of drug-likeness (QED) is 0.317. The summed E-state index contributed by atoms with van der Waals surface area (Å²) in [5.74, 6) is -3.16. The molecule has 4 rings (SSSR count). The molecule has 1 aliphatic rings. The van der Waals surface area contributed by atoms with Crippen molar-refractivity contribution in [3.8, 4) is 5.75 Å². The molecule has 3 aromatic rings. The highest BCUT2D eigenvalue weighted by atomic mass is 35.5. The van der Waals surface area contributed by atoms with Crippen LogP contribution in [0.15, 0.2) is 59.5 Å². The van der Waals surface area contributed by atoms with Crippen LogP contribution >= 0.6 is 11.6 Å². The number of halogens is 3. The highest BCUT2D eigenvalue weighted by Crippen LogP contribution is 2.27. The Balaban J connectivity index is 1.38. The predicted octanol–water partition coefficient (Wildman–Crippen LogP) is 4.55. The Morgan fingerprint density at radius 1 is 1.00 bits per heavy atom. The van der Waals surface area contributed by atoms with E-state index in [9.17, 15) is 26.8 Å². The molecule has 1 fully saturated rings. The van der Waals surface area contributed by atoms with Gasteiger partial charge in [-0.1, -0.05) is 11.6 Å².